The Labute approximate surface area is 255 Å². The number of nitrogen functional groups attached to an aromatic ring is 1. The van der Waals surface area contributed by atoms with Gasteiger partial charge < -0.3 is 23.7 Å². The average molecular weight is 644 g/mol. The standard InChI is InChI=1S/C28H54ClN5O4Si3/c1-10-39(11-2,12-3)35-19-21-23(37-40(13-4,14-5)15-6)24(38-41(16-7,17-8)18-9)27(36-21)34-20-31-22-25(30)32-28(29)33-26(22)34/h20-21,23-24,27H,10-19H2,1-9H3,(H2,30,32,33)/t21-,23-,24-,27-/m1/s1. The molecule has 1 fully saturated rings. The monoisotopic (exact) mass is 643 g/mol. The van der Waals surface area contributed by atoms with Crippen molar-refractivity contribution in [3.05, 3.63) is 11.6 Å². The van der Waals surface area contributed by atoms with E-state index in [-0.39, 0.29) is 29.4 Å². The quantitative estimate of drug-likeness (QED) is 0.138. The fourth-order valence-corrected chi connectivity index (χ4v) is 14.8. The summed E-state index contributed by atoms with van der Waals surface area (Å²) in [6.45, 7) is 20.9. The maximum Gasteiger partial charge on any atom is 0.226 e. The first-order valence-electron chi connectivity index (χ1n) is 15.9. The molecule has 1 aliphatic rings. The van der Waals surface area contributed by atoms with Gasteiger partial charge in [-0.2, -0.15) is 9.97 Å². The second kappa shape index (κ2) is 14.7. The molecule has 41 heavy (non-hydrogen) atoms. The van der Waals surface area contributed by atoms with Crippen molar-refractivity contribution >= 4 is 53.5 Å². The molecule has 3 heterocycles. The maximum absolute atomic E-state index is 7.34. The second-order valence-electron chi connectivity index (χ2n) is 11.5. The van der Waals surface area contributed by atoms with Crippen molar-refractivity contribution in [2.45, 2.75) is 141 Å². The summed E-state index contributed by atoms with van der Waals surface area (Å²) in [4.78, 5) is 13.2. The molecule has 9 nitrogen and oxygen atoms in total. The smallest absolute Gasteiger partial charge is 0.226 e. The normalized spacial score (nSPS) is 22.2. The number of nitrogens with two attached hydrogens (primary N) is 1. The Morgan fingerprint density at radius 3 is 1.76 bits per heavy atom. The zero-order valence-corrected chi connectivity index (χ0v) is 30.6. The van der Waals surface area contributed by atoms with Gasteiger partial charge in [0.2, 0.25) is 5.28 Å². The van der Waals surface area contributed by atoms with Crippen LogP contribution in [0.2, 0.25) is 59.7 Å². The Morgan fingerprint density at radius 2 is 1.27 bits per heavy atom. The van der Waals surface area contributed by atoms with Gasteiger partial charge in [-0.15, -0.1) is 0 Å². The van der Waals surface area contributed by atoms with Gasteiger partial charge in [-0.05, 0) is 66.0 Å². The minimum Gasteiger partial charge on any atom is -0.414 e. The summed E-state index contributed by atoms with van der Waals surface area (Å²) in [6, 6.07) is 9.46. The highest BCUT2D eigenvalue weighted by molar-refractivity contribution is 6.74. The molecular weight excluding hydrogens is 590 g/mol. The molecule has 0 bridgehead atoms. The van der Waals surface area contributed by atoms with Gasteiger partial charge in [0.05, 0.1) is 12.9 Å². The number of aromatic nitrogens is 4. The van der Waals surface area contributed by atoms with Crippen LogP contribution in [0.15, 0.2) is 6.33 Å². The third kappa shape index (κ3) is 7.11. The molecule has 0 spiro atoms. The molecule has 0 unspecified atom stereocenters. The molecule has 2 N–H and O–H groups in total. The Hall–Kier alpha value is -0.869. The lowest BCUT2D eigenvalue weighted by Gasteiger charge is -2.40. The minimum absolute atomic E-state index is 0.0817. The summed E-state index contributed by atoms with van der Waals surface area (Å²) < 4.78 is 30.4. The molecule has 0 saturated carbocycles. The molecule has 2 aromatic heterocycles. The molecule has 234 valence electrons. The number of fused-ring (bicyclic) bond motifs is 1. The van der Waals surface area contributed by atoms with E-state index in [0.717, 1.165) is 54.4 Å². The molecule has 0 amide bonds. The predicted molar refractivity (Wildman–Crippen MR) is 176 cm³/mol. The van der Waals surface area contributed by atoms with Gasteiger partial charge in [0, 0.05) is 0 Å². The van der Waals surface area contributed by atoms with Crippen molar-refractivity contribution < 1.29 is 18.0 Å². The number of hydrogen-bond donors (Lipinski definition) is 1. The van der Waals surface area contributed by atoms with E-state index in [1.807, 2.05) is 4.57 Å². The van der Waals surface area contributed by atoms with E-state index in [4.69, 9.17) is 35.3 Å². The highest BCUT2D eigenvalue weighted by atomic mass is 35.5. The van der Waals surface area contributed by atoms with E-state index in [2.05, 4.69) is 77.3 Å². The first-order chi connectivity index (χ1) is 19.6. The fraction of sp³-hybridized carbons (Fsp3) is 0.821. The van der Waals surface area contributed by atoms with Crippen LogP contribution in [0.1, 0.15) is 68.5 Å². The van der Waals surface area contributed by atoms with E-state index in [1.165, 1.54) is 0 Å². The Morgan fingerprint density at radius 1 is 0.780 bits per heavy atom. The van der Waals surface area contributed by atoms with Crippen LogP contribution < -0.4 is 5.73 Å². The summed E-state index contributed by atoms with van der Waals surface area (Å²) in [6.07, 6.45) is 0.363. The van der Waals surface area contributed by atoms with Crippen molar-refractivity contribution in [2.24, 2.45) is 0 Å². The van der Waals surface area contributed by atoms with E-state index in [0.29, 0.717) is 17.8 Å². The van der Waals surface area contributed by atoms with Crippen LogP contribution >= 0.6 is 11.6 Å². The van der Waals surface area contributed by atoms with Crippen molar-refractivity contribution in [1.29, 1.82) is 0 Å². The molecule has 2 aromatic rings. The van der Waals surface area contributed by atoms with Crippen LogP contribution in [0.4, 0.5) is 5.82 Å². The molecule has 1 aliphatic heterocycles. The third-order valence-corrected chi connectivity index (χ3v) is 24.2. The van der Waals surface area contributed by atoms with E-state index in [1.54, 1.807) is 6.33 Å². The zero-order valence-electron chi connectivity index (χ0n) is 26.8. The van der Waals surface area contributed by atoms with Gasteiger partial charge >= 0.3 is 0 Å². The highest BCUT2D eigenvalue weighted by Gasteiger charge is 2.53. The molecule has 13 heteroatoms. The van der Waals surface area contributed by atoms with E-state index < -0.39 is 31.2 Å². The number of rotatable bonds is 17. The van der Waals surface area contributed by atoms with Crippen LogP contribution in [0, 0.1) is 0 Å². The topological polar surface area (TPSA) is 107 Å². The average Bonchev–Trinajstić information content (AvgIpc) is 3.56. The summed E-state index contributed by atoms with van der Waals surface area (Å²) in [5.74, 6) is 0.250. The minimum atomic E-state index is -2.08. The summed E-state index contributed by atoms with van der Waals surface area (Å²) in [5, 5.41) is 0.0817. The lowest BCUT2D eigenvalue weighted by molar-refractivity contribution is -0.0465. The number of imidazole rings is 1. The Balaban J connectivity index is 2.17. The molecule has 4 atom stereocenters. The first-order valence-corrected chi connectivity index (χ1v) is 23.9. The van der Waals surface area contributed by atoms with Crippen molar-refractivity contribution in [3.63, 3.8) is 0 Å². The third-order valence-electron chi connectivity index (χ3n) is 10.1. The summed E-state index contributed by atoms with van der Waals surface area (Å²) >= 11 is 6.28. The Kier molecular flexibility index (Phi) is 12.4. The zero-order chi connectivity index (χ0) is 30.4. The number of hydrogen-bond acceptors (Lipinski definition) is 8. The Bertz CT molecular complexity index is 1090. The van der Waals surface area contributed by atoms with E-state index >= 15 is 0 Å². The van der Waals surface area contributed by atoms with E-state index in [9.17, 15) is 0 Å². The van der Waals surface area contributed by atoms with Crippen molar-refractivity contribution in [1.82, 2.24) is 19.5 Å². The van der Waals surface area contributed by atoms with Crippen LogP contribution in [0.5, 0.6) is 0 Å². The second-order valence-corrected chi connectivity index (χ2v) is 26.0. The van der Waals surface area contributed by atoms with Gasteiger partial charge in [0.1, 0.15) is 23.8 Å². The van der Waals surface area contributed by atoms with Crippen LogP contribution in [-0.4, -0.2) is 69.4 Å². The van der Waals surface area contributed by atoms with Crippen LogP contribution in [0.3, 0.4) is 0 Å². The number of anilines is 1. The lowest BCUT2D eigenvalue weighted by atomic mass is 10.1. The largest absolute Gasteiger partial charge is 0.414 e. The maximum atomic E-state index is 7.34. The molecular formula is C28H54ClN5O4Si3. The predicted octanol–water partition coefficient (Wildman–Crippen LogP) is 7.76. The van der Waals surface area contributed by atoms with Crippen molar-refractivity contribution in [3.8, 4) is 0 Å². The molecule has 0 radical (unpaired) electrons. The van der Waals surface area contributed by atoms with Crippen molar-refractivity contribution in [2.75, 3.05) is 12.3 Å². The van der Waals surface area contributed by atoms with Gasteiger partial charge in [0.25, 0.3) is 0 Å². The van der Waals surface area contributed by atoms with Gasteiger partial charge in [-0.3, -0.25) is 4.57 Å². The number of nitrogens with zero attached hydrogens (tertiary/aromatic N) is 4. The SMILES string of the molecule is CC[Si](CC)(CC)OC[C@H]1O[C@@H](n2cnc3c(N)nc(Cl)nc32)[C@H](O[Si](CC)(CC)CC)[C@@H]1O[Si](CC)(CC)CC. The van der Waals surface area contributed by atoms with Crippen LogP contribution in [-0.2, 0) is 18.0 Å². The molecule has 0 aromatic carbocycles. The number of halogens is 1. The molecule has 1 saturated heterocycles. The van der Waals surface area contributed by atoms with Gasteiger partial charge in [-0.1, -0.05) is 62.3 Å². The molecule has 3 rings (SSSR count). The highest BCUT2D eigenvalue weighted by Crippen LogP contribution is 2.42. The summed E-state index contributed by atoms with van der Waals surface area (Å²) in [5.41, 5.74) is 7.24. The first kappa shape index (κ1) is 34.6. The molecule has 0 aliphatic carbocycles. The van der Waals surface area contributed by atoms with Gasteiger partial charge in [-0.25, -0.2) is 4.98 Å². The van der Waals surface area contributed by atoms with Crippen LogP contribution in [0.25, 0.3) is 11.2 Å². The number of ether oxygens (including phenoxy) is 1. The summed E-state index contributed by atoms with van der Waals surface area (Å²) in [7, 11) is -5.98. The fourth-order valence-electron chi connectivity index (χ4n) is 6.32. The van der Waals surface area contributed by atoms with Gasteiger partial charge in [0.15, 0.2) is 42.6 Å². The lowest BCUT2D eigenvalue weighted by Crippen LogP contribution is -2.52.